The van der Waals surface area contributed by atoms with E-state index in [4.69, 9.17) is 4.84 Å². The van der Waals surface area contributed by atoms with Crippen LogP contribution in [0.25, 0.3) is 0 Å². The van der Waals surface area contributed by atoms with E-state index in [9.17, 15) is 22.8 Å². The zero-order valence-corrected chi connectivity index (χ0v) is 17.0. The lowest BCUT2D eigenvalue weighted by molar-refractivity contribution is -0.137. The van der Waals surface area contributed by atoms with E-state index in [-0.39, 0.29) is 29.5 Å². The van der Waals surface area contributed by atoms with Crippen LogP contribution in [-0.4, -0.2) is 23.6 Å². The van der Waals surface area contributed by atoms with Crippen molar-refractivity contribution >= 4 is 23.2 Å². The Kier molecular flexibility index (Phi) is 3.92. The number of carbonyl (C=O) groups is 2. The Morgan fingerprint density at radius 1 is 0.969 bits per heavy atom. The molecule has 6 rings (SSSR count). The third-order valence-electron chi connectivity index (χ3n) is 7.47. The van der Waals surface area contributed by atoms with Crippen LogP contribution >= 0.6 is 0 Å². The number of oxime groups is 1. The van der Waals surface area contributed by atoms with Gasteiger partial charge in [0.05, 0.1) is 28.8 Å². The summed E-state index contributed by atoms with van der Waals surface area (Å²) in [5, 5.41) is 4.31. The van der Waals surface area contributed by atoms with Crippen LogP contribution in [0.2, 0.25) is 0 Å². The first-order chi connectivity index (χ1) is 15.3. The van der Waals surface area contributed by atoms with Crippen LogP contribution in [0.1, 0.15) is 23.1 Å². The zero-order valence-electron chi connectivity index (χ0n) is 17.0. The Morgan fingerprint density at radius 2 is 1.66 bits per heavy atom. The molecule has 2 aliphatic heterocycles. The molecule has 1 saturated heterocycles. The van der Waals surface area contributed by atoms with Crippen LogP contribution in [-0.2, 0) is 20.6 Å². The summed E-state index contributed by atoms with van der Waals surface area (Å²) in [6.07, 6.45) is -4.15. The van der Waals surface area contributed by atoms with Crippen molar-refractivity contribution in [3.63, 3.8) is 0 Å². The maximum absolute atomic E-state index is 13.4. The van der Waals surface area contributed by atoms with Gasteiger partial charge in [-0.15, -0.1) is 0 Å². The number of anilines is 1. The molecule has 2 aliphatic carbocycles. The second-order valence-corrected chi connectivity index (χ2v) is 9.11. The Labute approximate surface area is 181 Å². The normalized spacial score (nSPS) is 32.8. The molecule has 0 aromatic heterocycles. The van der Waals surface area contributed by atoms with E-state index in [1.54, 1.807) is 0 Å². The van der Waals surface area contributed by atoms with Crippen molar-refractivity contribution in [1.82, 2.24) is 0 Å². The van der Waals surface area contributed by atoms with Crippen molar-refractivity contribution in [2.45, 2.75) is 25.6 Å². The van der Waals surface area contributed by atoms with Gasteiger partial charge in [-0.25, -0.2) is 0 Å². The Hall–Kier alpha value is -3.16. The van der Waals surface area contributed by atoms with Gasteiger partial charge in [0.1, 0.15) is 6.10 Å². The lowest BCUT2D eigenvalue weighted by Crippen LogP contribution is -2.41. The predicted octanol–water partition coefficient (Wildman–Crippen LogP) is 4.19. The first-order valence-corrected chi connectivity index (χ1v) is 10.6. The third-order valence-corrected chi connectivity index (χ3v) is 7.47. The molecule has 4 aliphatic rings. The molecule has 0 radical (unpaired) electrons. The van der Waals surface area contributed by atoms with Crippen LogP contribution < -0.4 is 4.90 Å². The fourth-order valence-electron chi connectivity index (χ4n) is 6.16. The van der Waals surface area contributed by atoms with Gasteiger partial charge in [-0.3, -0.25) is 14.5 Å². The van der Waals surface area contributed by atoms with E-state index >= 15 is 0 Å². The van der Waals surface area contributed by atoms with Gasteiger partial charge in [0, 0.05) is 11.8 Å². The van der Waals surface area contributed by atoms with Gasteiger partial charge in [0.2, 0.25) is 11.8 Å². The molecule has 2 bridgehead atoms. The number of nitrogens with zero attached hydrogens (tertiary/aromatic N) is 2. The quantitative estimate of drug-likeness (QED) is 0.658. The smallest absolute Gasteiger partial charge is 0.391 e. The number of aryl methyl sites for hydroxylation is 1. The minimum atomic E-state index is -4.55. The maximum Gasteiger partial charge on any atom is 0.416 e. The molecule has 0 N–H and O–H groups in total. The summed E-state index contributed by atoms with van der Waals surface area (Å²) in [5.74, 6) is -2.37. The molecule has 0 spiro atoms. The van der Waals surface area contributed by atoms with E-state index in [0.717, 1.165) is 33.9 Å². The van der Waals surface area contributed by atoms with E-state index in [0.29, 0.717) is 6.42 Å². The van der Waals surface area contributed by atoms with Crippen LogP contribution in [0.5, 0.6) is 0 Å². The standard InChI is InChI=1S/C24H19F3N2O3/c1-11-5-7-12(8-6-11)20-19-15-10-16(21(19)32-28-20)18-17(15)22(30)29(23(18)31)14-4-2-3-13(9-14)24(25,26)27/h2-9,15-19,21H,10H2,1H3/t15-,16+,17-,18+,19-,21-/m1/s1. The largest absolute Gasteiger partial charge is 0.416 e. The fourth-order valence-corrected chi connectivity index (χ4v) is 6.16. The second kappa shape index (κ2) is 6.43. The first kappa shape index (κ1) is 19.5. The summed E-state index contributed by atoms with van der Waals surface area (Å²) in [5.41, 5.74) is 1.93. The fraction of sp³-hybridized carbons (Fsp3) is 0.375. The first-order valence-electron chi connectivity index (χ1n) is 10.6. The van der Waals surface area contributed by atoms with Crippen LogP contribution in [0.15, 0.2) is 53.7 Å². The van der Waals surface area contributed by atoms with Gasteiger partial charge < -0.3 is 4.84 Å². The molecule has 5 nitrogen and oxygen atoms in total. The number of alkyl halides is 3. The monoisotopic (exact) mass is 440 g/mol. The van der Waals surface area contributed by atoms with Crippen molar-refractivity contribution in [2.24, 2.45) is 34.7 Å². The molecule has 6 atom stereocenters. The second-order valence-electron chi connectivity index (χ2n) is 9.11. The van der Waals surface area contributed by atoms with Gasteiger partial charge in [0.15, 0.2) is 0 Å². The molecule has 2 aromatic carbocycles. The highest BCUT2D eigenvalue weighted by molar-refractivity contribution is 6.23. The molecule has 8 heteroatoms. The van der Waals surface area contributed by atoms with Crippen molar-refractivity contribution < 1.29 is 27.6 Å². The van der Waals surface area contributed by atoms with Crippen molar-refractivity contribution in [2.75, 3.05) is 4.90 Å². The summed E-state index contributed by atoms with van der Waals surface area (Å²) >= 11 is 0. The van der Waals surface area contributed by atoms with Gasteiger partial charge >= 0.3 is 6.18 Å². The van der Waals surface area contributed by atoms with E-state index in [1.807, 2.05) is 31.2 Å². The number of imide groups is 1. The molecule has 3 fully saturated rings. The summed E-state index contributed by atoms with van der Waals surface area (Å²) in [7, 11) is 0. The summed E-state index contributed by atoms with van der Waals surface area (Å²) in [6, 6.07) is 12.3. The molecule has 0 unspecified atom stereocenters. The van der Waals surface area contributed by atoms with E-state index < -0.39 is 35.4 Å². The van der Waals surface area contributed by atoms with Crippen LogP contribution in [0.3, 0.4) is 0 Å². The predicted molar refractivity (Wildman–Crippen MR) is 109 cm³/mol. The molecule has 164 valence electrons. The van der Waals surface area contributed by atoms with Crippen molar-refractivity contribution in [1.29, 1.82) is 0 Å². The van der Waals surface area contributed by atoms with Gasteiger partial charge in [-0.2, -0.15) is 13.2 Å². The molecule has 2 amide bonds. The highest BCUT2D eigenvalue weighted by atomic mass is 19.4. The molecule has 32 heavy (non-hydrogen) atoms. The number of carbonyl (C=O) groups excluding carboxylic acids is 2. The minimum Gasteiger partial charge on any atom is -0.391 e. The van der Waals surface area contributed by atoms with Crippen molar-refractivity contribution in [3.8, 4) is 0 Å². The zero-order chi connectivity index (χ0) is 22.4. The van der Waals surface area contributed by atoms with Crippen molar-refractivity contribution in [3.05, 3.63) is 65.2 Å². The molecule has 2 heterocycles. The van der Waals surface area contributed by atoms with E-state index in [1.165, 1.54) is 12.1 Å². The number of hydrogen-bond donors (Lipinski definition) is 0. The van der Waals surface area contributed by atoms with Crippen LogP contribution in [0, 0.1) is 36.5 Å². The van der Waals surface area contributed by atoms with Crippen LogP contribution in [0.4, 0.5) is 18.9 Å². The molecule has 2 saturated carbocycles. The number of fused-ring (bicyclic) bond motifs is 8. The molecular formula is C24H19F3N2O3. The SMILES string of the molecule is Cc1ccc(C2=NO[C@@H]3[C@H]4C[C@H]([C@H]5C(=O)N(c6cccc(C(F)(F)F)c6)C(=O)[C@@H]45)[C@H]23)cc1. The minimum absolute atomic E-state index is 0.0258. The highest BCUT2D eigenvalue weighted by Gasteiger charge is 2.70. The average molecular weight is 440 g/mol. The Bertz CT molecular complexity index is 1170. The Morgan fingerprint density at radius 3 is 2.34 bits per heavy atom. The average Bonchev–Trinajstić information content (AvgIpc) is 3.48. The lowest BCUT2D eigenvalue weighted by atomic mass is 9.71. The van der Waals surface area contributed by atoms with E-state index in [2.05, 4.69) is 5.16 Å². The summed E-state index contributed by atoms with van der Waals surface area (Å²) < 4.78 is 39.5. The number of halogens is 3. The van der Waals surface area contributed by atoms with Gasteiger partial charge in [0.25, 0.3) is 0 Å². The lowest BCUT2D eigenvalue weighted by Gasteiger charge is -2.29. The summed E-state index contributed by atoms with van der Waals surface area (Å²) in [6.45, 7) is 1.99. The third kappa shape index (κ3) is 2.55. The highest BCUT2D eigenvalue weighted by Crippen LogP contribution is 2.62. The molecular weight excluding hydrogens is 421 g/mol. The maximum atomic E-state index is 13.4. The number of amides is 2. The van der Waals surface area contributed by atoms with Gasteiger partial charge in [-0.1, -0.05) is 41.1 Å². The number of rotatable bonds is 2. The topological polar surface area (TPSA) is 59.0 Å². The summed E-state index contributed by atoms with van der Waals surface area (Å²) in [4.78, 5) is 33.3. The Balaban J connectivity index is 1.34. The number of hydrogen-bond acceptors (Lipinski definition) is 4. The number of benzene rings is 2. The van der Waals surface area contributed by atoms with Gasteiger partial charge in [-0.05, 0) is 43.0 Å². The molecule has 2 aromatic rings.